The fourth-order valence-corrected chi connectivity index (χ4v) is 4.84. The van der Waals surface area contributed by atoms with Crippen molar-refractivity contribution < 1.29 is 28.5 Å². The summed E-state index contributed by atoms with van der Waals surface area (Å²) in [5.74, 6) is 0.337. The Morgan fingerprint density at radius 2 is 1.68 bits per heavy atom. The molecule has 1 heterocycles. The molecule has 37 heavy (non-hydrogen) atoms. The Kier molecular flexibility index (Phi) is 8.45. The summed E-state index contributed by atoms with van der Waals surface area (Å²) in [6.07, 6.45) is 1.51. The third-order valence-corrected chi connectivity index (χ3v) is 6.27. The normalized spacial score (nSPS) is 13.8. The summed E-state index contributed by atoms with van der Waals surface area (Å²) >= 11 is 6.90. The molecule has 0 saturated heterocycles. The number of hydrogen-bond acceptors (Lipinski definition) is 7. The van der Waals surface area contributed by atoms with Crippen molar-refractivity contribution in [2.24, 2.45) is 4.99 Å². The van der Waals surface area contributed by atoms with Crippen LogP contribution < -0.4 is 14.2 Å². The summed E-state index contributed by atoms with van der Waals surface area (Å²) in [7, 11) is 0. The Morgan fingerprint density at radius 1 is 0.973 bits per heavy atom. The van der Waals surface area contributed by atoms with Gasteiger partial charge in [-0.3, -0.25) is 0 Å². The van der Waals surface area contributed by atoms with Crippen LogP contribution in [0.15, 0.2) is 74.2 Å². The molecule has 0 unspecified atom stereocenters. The summed E-state index contributed by atoms with van der Waals surface area (Å²) in [6, 6.07) is 15.7. The van der Waals surface area contributed by atoms with Crippen LogP contribution in [0.25, 0.3) is 6.08 Å². The second kappa shape index (κ2) is 11.7. The lowest BCUT2D eigenvalue weighted by Gasteiger charge is -2.11. The highest BCUT2D eigenvalue weighted by Crippen LogP contribution is 2.36. The van der Waals surface area contributed by atoms with Gasteiger partial charge in [0.25, 0.3) is 0 Å². The first-order chi connectivity index (χ1) is 17.8. The summed E-state index contributed by atoms with van der Waals surface area (Å²) in [4.78, 5) is 29.9. The number of cyclic esters (lactones) is 1. The fraction of sp³-hybridized carbons (Fsp3) is 0.179. The van der Waals surface area contributed by atoms with E-state index in [1.807, 2.05) is 32.9 Å². The highest BCUT2D eigenvalue weighted by atomic mass is 79.9. The second-order valence-electron chi connectivity index (χ2n) is 7.93. The molecule has 1 aliphatic rings. The molecular formula is C28H23Br2NO6. The van der Waals surface area contributed by atoms with Crippen LogP contribution in [-0.4, -0.2) is 31.1 Å². The number of halogens is 2. The highest BCUT2D eigenvalue weighted by molar-refractivity contribution is 9.11. The number of nitrogens with zero attached hydrogens (tertiary/aromatic N) is 1. The van der Waals surface area contributed by atoms with Crippen molar-refractivity contribution in [3.63, 3.8) is 0 Å². The monoisotopic (exact) mass is 627 g/mol. The van der Waals surface area contributed by atoms with E-state index in [9.17, 15) is 9.59 Å². The molecule has 3 aromatic carbocycles. The van der Waals surface area contributed by atoms with E-state index in [0.717, 1.165) is 5.56 Å². The van der Waals surface area contributed by atoms with Gasteiger partial charge in [-0.25, -0.2) is 14.6 Å². The molecule has 190 valence electrons. The first kappa shape index (κ1) is 26.6. The van der Waals surface area contributed by atoms with Gasteiger partial charge in [-0.2, -0.15) is 0 Å². The van der Waals surface area contributed by atoms with Crippen LogP contribution in [0.4, 0.5) is 0 Å². The molecule has 9 heteroatoms. The van der Waals surface area contributed by atoms with Gasteiger partial charge in [0, 0.05) is 15.6 Å². The molecule has 7 nitrogen and oxygen atoms in total. The zero-order valence-electron chi connectivity index (χ0n) is 20.3. The number of carbonyl (C=O) groups is 2. The molecule has 0 atom stereocenters. The number of aryl methyl sites for hydroxylation is 1. The van der Waals surface area contributed by atoms with E-state index in [1.54, 1.807) is 42.5 Å². The van der Waals surface area contributed by atoms with Crippen molar-refractivity contribution in [3.8, 4) is 17.2 Å². The van der Waals surface area contributed by atoms with Crippen molar-refractivity contribution in [2.45, 2.75) is 20.8 Å². The van der Waals surface area contributed by atoms with Crippen molar-refractivity contribution in [1.29, 1.82) is 0 Å². The SMILES string of the molecule is CCOc1ccc(C2=N/C(=C\c3cc(Br)cc(Br)c3OC(=O)c3ccc(C)cc3)C(=O)O2)cc1OCC. The van der Waals surface area contributed by atoms with E-state index in [1.165, 1.54) is 6.08 Å². The van der Waals surface area contributed by atoms with Crippen molar-refractivity contribution in [2.75, 3.05) is 13.2 Å². The minimum Gasteiger partial charge on any atom is -0.490 e. The van der Waals surface area contributed by atoms with Crippen molar-refractivity contribution >= 4 is 55.8 Å². The Balaban J connectivity index is 1.68. The van der Waals surface area contributed by atoms with Crippen molar-refractivity contribution in [3.05, 3.63) is 91.5 Å². The fourth-order valence-electron chi connectivity index (χ4n) is 3.50. The van der Waals surface area contributed by atoms with Crippen LogP contribution in [0.2, 0.25) is 0 Å². The largest absolute Gasteiger partial charge is 0.490 e. The molecular weight excluding hydrogens is 606 g/mol. The molecule has 1 aliphatic heterocycles. The first-order valence-corrected chi connectivity index (χ1v) is 13.1. The summed E-state index contributed by atoms with van der Waals surface area (Å²) < 4.78 is 23.7. The molecule has 0 aromatic heterocycles. The average Bonchev–Trinajstić information content (AvgIpc) is 3.23. The molecule has 4 rings (SSSR count). The first-order valence-electron chi connectivity index (χ1n) is 11.5. The third kappa shape index (κ3) is 6.29. The zero-order chi connectivity index (χ0) is 26.5. The van der Waals surface area contributed by atoms with Gasteiger partial charge in [0.1, 0.15) is 0 Å². The van der Waals surface area contributed by atoms with Gasteiger partial charge in [-0.15, -0.1) is 0 Å². The zero-order valence-corrected chi connectivity index (χ0v) is 23.5. The van der Waals surface area contributed by atoms with Gasteiger partial charge in [-0.05, 0) is 85.2 Å². The lowest BCUT2D eigenvalue weighted by atomic mass is 10.1. The summed E-state index contributed by atoms with van der Waals surface area (Å²) in [5, 5.41) is 0. The van der Waals surface area contributed by atoms with E-state index >= 15 is 0 Å². The Bertz CT molecular complexity index is 1410. The second-order valence-corrected chi connectivity index (χ2v) is 9.70. The molecule has 0 saturated carbocycles. The standard InChI is InChI=1S/C28H23Br2NO6/c1-4-34-23-11-10-18(14-24(23)35-5-2)26-31-22(28(33)37-26)13-19-12-20(29)15-21(30)25(19)36-27(32)17-8-6-16(3)7-9-17/h6-15H,4-5H2,1-3H3/b22-13-. The summed E-state index contributed by atoms with van der Waals surface area (Å²) in [5.41, 5.74) is 2.51. The minimum absolute atomic E-state index is 0.0551. The van der Waals surface area contributed by atoms with Crippen LogP contribution in [0, 0.1) is 6.92 Å². The van der Waals surface area contributed by atoms with Gasteiger partial charge in [-0.1, -0.05) is 33.6 Å². The van der Waals surface area contributed by atoms with E-state index in [4.69, 9.17) is 18.9 Å². The van der Waals surface area contributed by atoms with Gasteiger partial charge in [0.2, 0.25) is 5.90 Å². The number of carbonyl (C=O) groups excluding carboxylic acids is 2. The smallest absolute Gasteiger partial charge is 0.363 e. The molecule has 0 amide bonds. The highest BCUT2D eigenvalue weighted by Gasteiger charge is 2.26. The number of aliphatic imine (C=N–C) groups is 1. The van der Waals surface area contributed by atoms with Crippen LogP contribution in [0.3, 0.4) is 0 Å². The molecule has 0 bridgehead atoms. The van der Waals surface area contributed by atoms with Crippen LogP contribution in [-0.2, 0) is 9.53 Å². The average molecular weight is 629 g/mol. The van der Waals surface area contributed by atoms with E-state index in [-0.39, 0.29) is 17.3 Å². The molecule has 0 fully saturated rings. The van der Waals surface area contributed by atoms with E-state index in [2.05, 4.69) is 36.9 Å². The third-order valence-electron chi connectivity index (χ3n) is 5.22. The van der Waals surface area contributed by atoms with Crippen LogP contribution >= 0.6 is 31.9 Å². The van der Waals surface area contributed by atoms with Gasteiger partial charge < -0.3 is 18.9 Å². The maximum Gasteiger partial charge on any atom is 0.363 e. The molecule has 0 N–H and O–H groups in total. The maximum atomic E-state index is 12.8. The van der Waals surface area contributed by atoms with Crippen LogP contribution in [0.5, 0.6) is 17.2 Å². The predicted molar refractivity (Wildman–Crippen MR) is 147 cm³/mol. The van der Waals surface area contributed by atoms with E-state index < -0.39 is 11.9 Å². The number of rotatable bonds is 8. The van der Waals surface area contributed by atoms with Crippen LogP contribution in [0.1, 0.15) is 40.9 Å². The van der Waals surface area contributed by atoms with Gasteiger partial charge in [0.15, 0.2) is 22.9 Å². The number of benzene rings is 3. The number of esters is 2. The molecule has 0 aliphatic carbocycles. The van der Waals surface area contributed by atoms with Gasteiger partial charge in [0.05, 0.1) is 23.2 Å². The number of ether oxygens (including phenoxy) is 4. The van der Waals surface area contributed by atoms with E-state index in [0.29, 0.717) is 50.3 Å². The maximum absolute atomic E-state index is 12.8. The van der Waals surface area contributed by atoms with Gasteiger partial charge >= 0.3 is 11.9 Å². The van der Waals surface area contributed by atoms with Crippen molar-refractivity contribution in [1.82, 2.24) is 0 Å². The predicted octanol–water partition coefficient (Wildman–Crippen LogP) is 6.88. The Morgan fingerprint density at radius 3 is 2.38 bits per heavy atom. The lowest BCUT2D eigenvalue weighted by molar-refractivity contribution is -0.129. The summed E-state index contributed by atoms with van der Waals surface area (Å²) in [6.45, 7) is 6.63. The molecule has 0 spiro atoms. The minimum atomic E-state index is -0.631. The molecule has 0 radical (unpaired) electrons. The topological polar surface area (TPSA) is 83.4 Å². The number of hydrogen-bond donors (Lipinski definition) is 0. The lowest BCUT2D eigenvalue weighted by Crippen LogP contribution is -2.10. The Hall–Kier alpha value is -3.43. The molecule has 3 aromatic rings. The Labute approximate surface area is 231 Å². The quantitative estimate of drug-likeness (QED) is 0.154.